The van der Waals surface area contributed by atoms with E-state index < -0.39 is 5.60 Å². The number of H-pyrrole nitrogens is 1. The van der Waals surface area contributed by atoms with E-state index in [-0.39, 0.29) is 23.0 Å². The number of benzene rings is 1. The molecule has 4 aliphatic rings. The lowest BCUT2D eigenvalue weighted by Gasteiger charge is -2.50. The van der Waals surface area contributed by atoms with Gasteiger partial charge in [-0.1, -0.05) is 42.4 Å². The number of aliphatic hydroxyl groups is 2. The number of aromatic nitrogens is 1. The Morgan fingerprint density at radius 1 is 1.14 bits per heavy atom. The maximum atomic E-state index is 12.4. The highest BCUT2D eigenvalue weighted by Gasteiger charge is 2.57. The molecule has 36 heavy (non-hydrogen) atoms. The van der Waals surface area contributed by atoms with Gasteiger partial charge in [0.05, 0.1) is 11.7 Å². The molecule has 1 heterocycles. The van der Waals surface area contributed by atoms with Gasteiger partial charge in [-0.05, 0) is 106 Å². The molecule has 0 amide bonds. The molecule has 5 atom stereocenters. The molecule has 4 aliphatic carbocycles. The molecule has 1 aromatic carbocycles. The second kappa shape index (κ2) is 9.44. The number of rotatable bonds is 1. The van der Waals surface area contributed by atoms with Crippen LogP contribution in [0.4, 0.5) is 0 Å². The van der Waals surface area contributed by atoms with Crippen LogP contribution in [-0.4, -0.2) is 41.0 Å². The van der Waals surface area contributed by atoms with Crippen LogP contribution >= 0.6 is 0 Å². The van der Waals surface area contributed by atoms with E-state index in [1.165, 1.54) is 16.7 Å². The molecule has 0 aliphatic heterocycles. The second-order valence-electron chi connectivity index (χ2n) is 11.6. The number of nitrogens with one attached hydrogen (secondary N) is 2. The third-order valence-corrected chi connectivity index (χ3v) is 9.21. The standard InChI is InChI=1S/C29H33NO3.C2H7N/c1-17-16-28(2)24(20-4-3-19-10-12-30-27(32)23(19)14-20)7-8-26(28)29(33)11-9-18-5-6-22(31)13-21(18)15-25(17)29;1-3-2/h3-4,7,10,12,14-15,18,22,26,31,33H,5-6,8-9,11,13,16H2,1-2H3,(H,30,32);3H,1-2H3/t18?,22?,26?,28?,29-;/m1./s1. The van der Waals surface area contributed by atoms with Crippen molar-refractivity contribution in [3.8, 4) is 0 Å². The molecule has 2 aromatic rings. The average Bonchev–Trinajstić information content (AvgIpc) is 3.11. The van der Waals surface area contributed by atoms with Crippen molar-refractivity contribution in [1.82, 2.24) is 10.3 Å². The summed E-state index contributed by atoms with van der Waals surface area (Å²) >= 11 is 0. The summed E-state index contributed by atoms with van der Waals surface area (Å²) in [6, 6.07) is 8.13. The van der Waals surface area contributed by atoms with Gasteiger partial charge >= 0.3 is 0 Å². The SMILES string of the molecule is CC1=C2C=C3CC(O)CCC3CC[C@]2(O)C2CC=C(c3ccc4cc[nH]c(=O)c4c3)C2(C)C1.CNC. The monoisotopic (exact) mass is 488 g/mol. The van der Waals surface area contributed by atoms with Gasteiger partial charge in [0.2, 0.25) is 0 Å². The number of aromatic amines is 1. The highest BCUT2D eigenvalue weighted by Crippen LogP contribution is 2.62. The lowest BCUT2D eigenvalue weighted by Crippen LogP contribution is -2.49. The number of fused-ring (bicyclic) bond motifs is 5. The Balaban J connectivity index is 0.000000848. The normalized spacial score (nSPS) is 33.4. The van der Waals surface area contributed by atoms with E-state index in [0.717, 1.165) is 61.5 Å². The van der Waals surface area contributed by atoms with E-state index in [2.05, 4.69) is 42.4 Å². The zero-order valence-corrected chi connectivity index (χ0v) is 22.0. The first-order valence-corrected chi connectivity index (χ1v) is 13.4. The predicted octanol–water partition coefficient (Wildman–Crippen LogP) is 5.11. The van der Waals surface area contributed by atoms with Crippen molar-refractivity contribution >= 4 is 16.3 Å². The fraction of sp³-hybridized carbons (Fsp3) is 0.516. The minimum atomic E-state index is -0.848. The molecule has 0 saturated heterocycles. The minimum Gasteiger partial charge on any atom is -0.393 e. The number of hydrogen-bond acceptors (Lipinski definition) is 4. The molecule has 192 valence electrons. The first-order chi connectivity index (χ1) is 17.2. The predicted molar refractivity (Wildman–Crippen MR) is 147 cm³/mol. The highest BCUT2D eigenvalue weighted by molar-refractivity contribution is 5.87. The van der Waals surface area contributed by atoms with Gasteiger partial charge in [-0.15, -0.1) is 0 Å². The van der Waals surface area contributed by atoms with Crippen molar-refractivity contribution < 1.29 is 10.2 Å². The van der Waals surface area contributed by atoms with E-state index in [9.17, 15) is 15.0 Å². The number of hydrogen-bond donors (Lipinski definition) is 4. The third-order valence-electron chi connectivity index (χ3n) is 9.21. The van der Waals surface area contributed by atoms with Gasteiger partial charge in [-0.2, -0.15) is 0 Å². The van der Waals surface area contributed by atoms with Crippen LogP contribution in [0.25, 0.3) is 16.3 Å². The lowest BCUT2D eigenvalue weighted by molar-refractivity contribution is -0.0354. The van der Waals surface area contributed by atoms with Crippen LogP contribution in [0.15, 0.2) is 64.1 Å². The lowest BCUT2D eigenvalue weighted by atomic mass is 9.56. The summed E-state index contributed by atoms with van der Waals surface area (Å²) in [4.78, 5) is 15.2. The molecule has 5 heteroatoms. The van der Waals surface area contributed by atoms with Gasteiger partial charge < -0.3 is 20.5 Å². The molecule has 1 saturated carbocycles. The first-order valence-electron chi connectivity index (χ1n) is 13.4. The Bertz CT molecular complexity index is 1320. The number of allylic oxidation sites excluding steroid dienone is 3. The maximum Gasteiger partial charge on any atom is 0.255 e. The minimum absolute atomic E-state index is 0.0597. The zero-order chi connectivity index (χ0) is 25.7. The Morgan fingerprint density at radius 2 is 1.92 bits per heavy atom. The van der Waals surface area contributed by atoms with E-state index in [4.69, 9.17) is 0 Å². The van der Waals surface area contributed by atoms with Gasteiger partial charge in [-0.25, -0.2) is 0 Å². The van der Waals surface area contributed by atoms with E-state index in [0.29, 0.717) is 11.3 Å². The van der Waals surface area contributed by atoms with Crippen molar-refractivity contribution in [2.75, 3.05) is 14.1 Å². The van der Waals surface area contributed by atoms with Crippen LogP contribution in [0.2, 0.25) is 0 Å². The highest BCUT2D eigenvalue weighted by atomic mass is 16.3. The Hall–Kier alpha value is -2.47. The van der Waals surface area contributed by atoms with Crippen molar-refractivity contribution in [1.29, 1.82) is 0 Å². The molecule has 4 N–H and O–H groups in total. The van der Waals surface area contributed by atoms with E-state index >= 15 is 0 Å². The molecule has 0 bridgehead atoms. The summed E-state index contributed by atoms with van der Waals surface area (Å²) in [5.74, 6) is 0.598. The smallest absolute Gasteiger partial charge is 0.255 e. The van der Waals surface area contributed by atoms with Crippen molar-refractivity contribution in [3.05, 3.63) is 75.3 Å². The second-order valence-corrected chi connectivity index (χ2v) is 11.6. The van der Waals surface area contributed by atoms with E-state index in [1.807, 2.05) is 32.3 Å². The van der Waals surface area contributed by atoms with Crippen LogP contribution < -0.4 is 10.9 Å². The average molecular weight is 489 g/mol. The summed E-state index contributed by atoms with van der Waals surface area (Å²) in [7, 11) is 3.75. The topological polar surface area (TPSA) is 85.3 Å². The van der Waals surface area contributed by atoms with Crippen LogP contribution in [0.5, 0.6) is 0 Å². The molecule has 0 radical (unpaired) electrons. The van der Waals surface area contributed by atoms with Crippen molar-refractivity contribution in [2.45, 2.75) is 70.5 Å². The molecular formula is C31H40N2O3. The van der Waals surface area contributed by atoms with Crippen LogP contribution in [0.3, 0.4) is 0 Å². The molecule has 6 rings (SSSR count). The summed E-state index contributed by atoms with van der Waals surface area (Å²) in [5, 5.41) is 27.0. The van der Waals surface area contributed by atoms with Crippen molar-refractivity contribution in [2.24, 2.45) is 17.3 Å². The maximum absolute atomic E-state index is 12.4. The van der Waals surface area contributed by atoms with E-state index in [1.54, 1.807) is 6.20 Å². The zero-order valence-electron chi connectivity index (χ0n) is 22.0. The van der Waals surface area contributed by atoms with Gasteiger partial charge in [0, 0.05) is 22.9 Å². The van der Waals surface area contributed by atoms with Crippen LogP contribution in [0.1, 0.15) is 64.4 Å². The fourth-order valence-electron chi connectivity index (χ4n) is 7.62. The molecule has 5 nitrogen and oxygen atoms in total. The Kier molecular flexibility index (Phi) is 6.61. The molecule has 1 aromatic heterocycles. The summed E-state index contributed by atoms with van der Waals surface area (Å²) in [5.41, 5.74) is 4.97. The summed E-state index contributed by atoms with van der Waals surface area (Å²) in [6.07, 6.45) is 12.2. The quantitative estimate of drug-likeness (QED) is 0.450. The fourth-order valence-corrected chi connectivity index (χ4v) is 7.62. The van der Waals surface area contributed by atoms with Crippen LogP contribution in [0, 0.1) is 17.3 Å². The molecular weight excluding hydrogens is 448 g/mol. The van der Waals surface area contributed by atoms with Gasteiger partial charge in [0.25, 0.3) is 5.56 Å². The Labute approximate surface area is 214 Å². The molecule has 4 unspecified atom stereocenters. The third kappa shape index (κ3) is 4.02. The largest absolute Gasteiger partial charge is 0.393 e. The summed E-state index contributed by atoms with van der Waals surface area (Å²) < 4.78 is 0. The first kappa shape index (κ1) is 25.2. The molecule has 1 fully saturated rings. The van der Waals surface area contributed by atoms with Gasteiger partial charge in [0.1, 0.15) is 0 Å². The van der Waals surface area contributed by atoms with Crippen molar-refractivity contribution in [3.63, 3.8) is 0 Å². The molecule has 0 spiro atoms. The number of pyridine rings is 1. The summed E-state index contributed by atoms with van der Waals surface area (Å²) in [6.45, 7) is 4.49. The van der Waals surface area contributed by atoms with Crippen LogP contribution in [-0.2, 0) is 0 Å². The van der Waals surface area contributed by atoms with Gasteiger partial charge in [0.15, 0.2) is 0 Å². The van der Waals surface area contributed by atoms with Gasteiger partial charge in [-0.3, -0.25) is 4.79 Å². The Morgan fingerprint density at radius 3 is 2.69 bits per heavy atom. The number of aliphatic hydroxyl groups excluding tert-OH is 1.